The molecule has 0 aliphatic heterocycles. The quantitative estimate of drug-likeness (QED) is 0.923. The maximum atomic E-state index is 12.6. The van der Waals surface area contributed by atoms with Crippen LogP contribution in [-0.4, -0.2) is 38.0 Å². The summed E-state index contributed by atoms with van der Waals surface area (Å²) in [6, 6.07) is 2.34. The molecular weight excluding hydrogens is 307 g/mol. The number of likely N-dealkylation sites (N-methyl/N-ethyl adjacent to an activating group) is 1. The molecule has 0 radical (unpaired) electrons. The van der Waals surface area contributed by atoms with Crippen molar-refractivity contribution in [3.8, 4) is 0 Å². The van der Waals surface area contributed by atoms with Crippen LogP contribution in [0.25, 0.3) is 0 Å². The third-order valence-electron chi connectivity index (χ3n) is 2.37. The van der Waals surface area contributed by atoms with E-state index in [2.05, 4.69) is 0 Å². The molecule has 19 heavy (non-hydrogen) atoms. The fourth-order valence-electron chi connectivity index (χ4n) is 1.32. The summed E-state index contributed by atoms with van der Waals surface area (Å²) in [7, 11) is -2.93. The molecule has 1 rings (SSSR count). The van der Waals surface area contributed by atoms with Crippen LogP contribution in [0.1, 0.15) is 5.56 Å². The molecule has 108 valence electrons. The van der Waals surface area contributed by atoms with Crippen molar-refractivity contribution in [2.75, 3.05) is 20.2 Å². The van der Waals surface area contributed by atoms with E-state index in [9.17, 15) is 21.6 Å². The summed E-state index contributed by atoms with van der Waals surface area (Å²) in [5.74, 6) is 0. The highest BCUT2D eigenvalue weighted by atomic mass is 35.5. The van der Waals surface area contributed by atoms with Crippen molar-refractivity contribution in [3.05, 3.63) is 28.8 Å². The summed E-state index contributed by atoms with van der Waals surface area (Å²) in [4.78, 5) is -0.528. The van der Waals surface area contributed by atoms with E-state index < -0.39 is 38.3 Å². The van der Waals surface area contributed by atoms with Crippen molar-refractivity contribution in [2.45, 2.75) is 11.1 Å². The zero-order valence-corrected chi connectivity index (χ0v) is 11.3. The highest BCUT2D eigenvalue weighted by molar-refractivity contribution is 7.89. The Morgan fingerprint density at radius 1 is 1.37 bits per heavy atom. The summed E-state index contributed by atoms with van der Waals surface area (Å²) in [5, 5.41) is 8.09. The Bertz CT molecular complexity index is 560. The standard InChI is InChI=1S/C10H11ClF3NO3S/c1-15(4-5-16)19(17,18)7-2-3-9(11)8(6-7)10(12,13)14/h2-3,6,16H,4-5H2,1H3. The summed E-state index contributed by atoms with van der Waals surface area (Å²) in [6.45, 7) is -0.651. The molecule has 0 heterocycles. The molecule has 0 saturated heterocycles. The van der Waals surface area contributed by atoms with Crippen LogP contribution in [0.2, 0.25) is 5.02 Å². The Kier molecular flexibility index (Phi) is 4.83. The minimum Gasteiger partial charge on any atom is -0.395 e. The summed E-state index contributed by atoms with van der Waals surface area (Å²) < 4.78 is 62.5. The third-order valence-corrected chi connectivity index (χ3v) is 4.55. The SMILES string of the molecule is CN(CCO)S(=O)(=O)c1ccc(Cl)c(C(F)(F)F)c1. The lowest BCUT2D eigenvalue weighted by Gasteiger charge is -2.17. The number of hydrogen-bond donors (Lipinski definition) is 1. The molecule has 0 aromatic heterocycles. The smallest absolute Gasteiger partial charge is 0.395 e. The number of aliphatic hydroxyl groups is 1. The zero-order chi connectivity index (χ0) is 14.8. The second-order valence-electron chi connectivity index (χ2n) is 3.69. The normalized spacial score (nSPS) is 13.0. The number of alkyl halides is 3. The molecule has 0 bridgehead atoms. The van der Waals surface area contributed by atoms with E-state index in [-0.39, 0.29) is 6.54 Å². The van der Waals surface area contributed by atoms with Gasteiger partial charge in [0, 0.05) is 13.6 Å². The van der Waals surface area contributed by atoms with Gasteiger partial charge in [0.05, 0.1) is 22.1 Å². The van der Waals surface area contributed by atoms with Crippen LogP contribution >= 0.6 is 11.6 Å². The lowest BCUT2D eigenvalue weighted by Crippen LogP contribution is -2.29. The topological polar surface area (TPSA) is 57.6 Å². The van der Waals surface area contributed by atoms with Gasteiger partial charge in [0.15, 0.2) is 0 Å². The van der Waals surface area contributed by atoms with E-state index in [1.54, 1.807) is 0 Å². The molecule has 1 N–H and O–H groups in total. The van der Waals surface area contributed by atoms with Gasteiger partial charge in [0.1, 0.15) is 0 Å². The fraction of sp³-hybridized carbons (Fsp3) is 0.400. The van der Waals surface area contributed by atoms with Gasteiger partial charge in [0.25, 0.3) is 0 Å². The van der Waals surface area contributed by atoms with Crippen molar-refractivity contribution < 1.29 is 26.7 Å². The maximum absolute atomic E-state index is 12.6. The van der Waals surface area contributed by atoms with E-state index in [4.69, 9.17) is 16.7 Å². The molecule has 0 atom stereocenters. The van der Waals surface area contributed by atoms with Gasteiger partial charge in [-0.25, -0.2) is 8.42 Å². The van der Waals surface area contributed by atoms with E-state index in [1.165, 1.54) is 0 Å². The number of rotatable bonds is 4. The van der Waals surface area contributed by atoms with Crippen LogP contribution < -0.4 is 0 Å². The van der Waals surface area contributed by atoms with Crippen molar-refractivity contribution in [3.63, 3.8) is 0 Å². The van der Waals surface area contributed by atoms with Gasteiger partial charge in [-0.1, -0.05) is 11.6 Å². The molecule has 0 fully saturated rings. The van der Waals surface area contributed by atoms with Gasteiger partial charge in [-0.15, -0.1) is 0 Å². The molecule has 1 aromatic carbocycles. The second-order valence-corrected chi connectivity index (χ2v) is 6.14. The van der Waals surface area contributed by atoms with Crippen LogP contribution in [0, 0.1) is 0 Å². The molecule has 1 aromatic rings. The van der Waals surface area contributed by atoms with E-state index in [0.717, 1.165) is 23.5 Å². The molecule has 4 nitrogen and oxygen atoms in total. The number of aliphatic hydroxyl groups excluding tert-OH is 1. The van der Waals surface area contributed by atoms with E-state index >= 15 is 0 Å². The molecule has 0 aliphatic rings. The molecule has 0 amide bonds. The third kappa shape index (κ3) is 3.59. The molecular formula is C10H11ClF3NO3S. The Balaban J connectivity index is 3.30. The Morgan fingerprint density at radius 3 is 2.42 bits per heavy atom. The van der Waals surface area contributed by atoms with Crippen molar-refractivity contribution in [1.29, 1.82) is 0 Å². The minimum atomic E-state index is -4.74. The number of halogens is 4. The van der Waals surface area contributed by atoms with Gasteiger partial charge in [-0.2, -0.15) is 17.5 Å². The lowest BCUT2D eigenvalue weighted by atomic mass is 10.2. The van der Waals surface area contributed by atoms with Crippen molar-refractivity contribution in [2.24, 2.45) is 0 Å². The van der Waals surface area contributed by atoms with Crippen LogP contribution in [-0.2, 0) is 16.2 Å². The summed E-state index contributed by atoms with van der Waals surface area (Å²) in [6.07, 6.45) is -4.74. The monoisotopic (exact) mass is 317 g/mol. The van der Waals surface area contributed by atoms with Crippen LogP contribution in [0.4, 0.5) is 13.2 Å². The minimum absolute atomic E-state index is 0.216. The molecule has 0 spiro atoms. The molecule has 0 aliphatic carbocycles. The second kappa shape index (κ2) is 5.66. The van der Waals surface area contributed by atoms with Crippen molar-refractivity contribution >= 4 is 21.6 Å². The van der Waals surface area contributed by atoms with Gasteiger partial charge in [-0.3, -0.25) is 0 Å². The maximum Gasteiger partial charge on any atom is 0.417 e. The summed E-state index contributed by atoms with van der Waals surface area (Å²) >= 11 is 5.40. The first-order valence-corrected chi connectivity index (χ1v) is 6.86. The van der Waals surface area contributed by atoms with Gasteiger partial charge >= 0.3 is 6.18 Å². The Morgan fingerprint density at radius 2 is 1.95 bits per heavy atom. The number of benzene rings is 1. The lowest BCUT2D eigenvalue weighted by molar-refractivity contribution is -0.137. The highest BCUT2D eigenvalue weighted by Gasteiger charge is 2.35. The van der Waals surface area contributed by atoms with E-state index in [0.29, 0.717) is 6.07 Å². The first kappa shape index (κ1) is 16.2. The highest BCUT2D eigenvalue weighted by Crippen LogP contribution is 2.36. The molecule has 0 unspecified atom stereocenters. The van der Waals surface area contributed by atoms with Crippen LogP contribution in [0.5, 0.6) is 0 Å². The van der Waals surface area contributed by atoms with Crippen molar-refractivity contribution in [1.82, 2.24) is 4.31 Å². The van der Waals surface area contributed by atoms with Gasteiger partial charge in [-0.05, 0) is 18.2 Å². The average molecular weight is 318 g/mol. The van der Waals surface area contributed by atoms with Crippen LogP contribution in [0.3, 0.4) is 0 Å². The number of nitrogens with zero attached hydrogens (tertiary/aromatic N) is 1. The predicted octanol–water partition coefficient (Wildman–Crippen LogP) is 1.97. The van der Waals surface area contributed by atoms with Crippen LogP contribution in [0.15, 0.2) is 23.1 Å². The summed E-state index contributed by atoms with van der Waals surface area (Å²) in [5.41, 5.74) is -1.22. The Labute approximate surface area is 113 Å². The largest absolute Gasteiger partial charge is 0.417 e. The number of hydrogen-bond acceptors (Lipinski definition) is 3. The van der Waals surface area contributed by atoms with Gasteiger partial charge in [0.2, 0.25) is 10.0 Å². The predicted molar refractivity (Wildman–Crippen MR) is 63.4 cm³/mol. The first-order valence-electron chi connectivity index (χ1n) is 5.04. The first-order chi connectivity index (χ1) is 8.60. The van der Waals surface area contributed by atoms with Gasteiger partial charge < -0.3 is 5.11 Å². The zero-order valence-electron chi connectivity index (χ0n) is 9.78. The fourth-order valence-corrected chi connectivity index (χ4v) is 2.74. The molecule has 9 heteroatoms. The Hall–Kier alpha value is -0.830. The van der Waals surface area contributed by atoms with E-state index in [1.807, 2.05) is 0 Å². The number of sulfonamides is 1. The average Bonchev–Trinajstić information content (AvgIpc) is 2.28. The molecule has 0 saturated carbocycles.